The van der Waals surface area contributed by atoms with Crippen LogP contribution in [0.15, 0.2) is 22.4 Å². The van der Waals surface area contributed by atoms with Crippen molar-refractivity contribution in [3.8, 4) is 5.75 Å². The van der Waals surface area contributed by atoms with Gasteiger partial charge in [0.05, 0.1) is 10.8 Å². The highest BCUT2D eigenvalue weighted by Gasteiger charge is 2.07. The number of hydrogen-bond acceptors (Lipinski definition) is 3. The first kappa shape index (κ1) is 10.1. The Morgan fingerprint density at radius 2 is 2.21 bits per heavy atom. The predicted octanol–water partition coefficient (Wildman–Crippen LogP) is 4.24. The van der Waals surface area contributed by atoms with Crippen LogP contribution in [0.2, 0.25) is 5.02 Å². The van der Waals surface area contributed by atoms with Crippen LogP contribution in [0, 0.1) is 0 Å². The molecule has 1 aromatic carbocycles. The van der Waals surface area contributed by atoms with Gasteiger partial charge in [-0.3, -0.25) is 0 Å². The molecule has 0 unspecified atom stereocenters. The molecule has 0 saturated heterocycles. The maximum absolute atomic E-state index is 5.97. The smallest absolute Gasteiger partial charge is 0.129 e. The van der Waals surface area contributed by atoms with Gasteiger partial charge in [0.25, 0.3) is 0 Å². The summed E-state index contributed by atoms with van der Waals surface area (Å²) in [5, 5.41) is 1.79. The zero-order chi connectivity index (χ0) is 10.1. The number of benzene rings is 1. The van der Waals surface area contributed by atoms with Crippen LogP contribution in [-0.2, 0) is 0 Å². The van der Waals surface area contributed by atoms with Crippen LogP contribution in [0.1, 0.15) is 6.92 Å². The Balaban J connectivity index is 2.66. The van der Waals surface area contributed by atoms with Gasteiger partial charge in [-0.05, 0) is 25.1 Å². The van der Waals surface area contributed by atoms with Crippen molar-refractivity contribution in [2.45, 2.75) is 11.1 Å². The molecule has 14 heavy (non-hydrogen) atoms. The Morgan fingerprint density at radius 3 is 2.93 bits per heavy atom. The molecule has 0 fully saturated rings. The van der Waals surface area contributed by atoms with E-state index in [0.717, 1.165) is 20.0 Å². The topological polar surface area (TPSA) is 9.23 Å². The molecule has 0 atom stereocenters. The van der Waals surface area contributed by atoms with Crippen LogP contribution >= 0.6 is 35.6 Å². The second-order valence-corrected chi connectivity index (χ2v) is 5.14. The number of halogens is 1. The molecule has 0 bridgehead atoms. The highest BCUT2D eigenvalue weighted by Crippen LogP contribution is 2.37. The molecule has 0 aliphatic rings. The van der Waals surface area contributed by atoms with E-state index < -0.39 is 0 Å². The molecule has 1 nitrogen and oxygen atoms in total. The van der Waals surface area contributed by atoms with Gasteiger partial charge in [-0.25, -0.2) is 0 Å². The first-order chi connectivity index (χ1) is 6.70. The van der Waals surface area contributed by atoms with Gasteiger partial charge in [0, 0.05) is 15.1 Å². The van der Waals surface area contributed by atoms with E-state index >= 15 is 0 Å². The van der Waals surface area contributed by atoms with Crippen LogP contribution in [0.5, 0.6) is 5.75 Å². The first-order valence-corrected chi connectivity index (χ1v) is 5.89. The number of hydrogen-bond donors (Lipinski definition) is 1. The summed E-state index contributed by atoms with van der Waals surface area (Å²) in [6.07, 6.45) is 0. The van der Waals surface area contributed by atoms with Gasteiger partial charge in [0.2, 0.25) is 0 Å². The Morgan fingerprint density at radius 1 is 1.43 bits per heavy atom. The average molecular weight is 245 g/mol. The minimum absolute atomic E-state index is 0.646. The maximum atomic E-state index is 5.97. The van der Waals surface area contributed by atoms with Gasteiger partial charge in [0.1, 0.15) is 5.75 Å². The van der Waals surface area contributed by atoms with Crippen LogP contribution < -0.4 is 4.74 Å². The summed E-state index contributed by atoms with van der Waals surface area (Å²) in [4.78, 5) is 0. The summed E-state index contributed by atoms with van der Waals surface area (Å²) in [5.41, 5.74) is 0. The molecule has 0 saturated carbocycles. The normalized spacial score (nSPS) is 10.8. The molecule has 0 aliphatic heterocycles. The van der Waals surface area contributed by atoms with Crippen molar-refractivity contribution in [2.24, 2.45) is 0 Å². The molecule has 2 aromatic rings. The van der Waals surface area contributed by atoms with E-state index in [1.54, 1.807) is 11.3 Å². The highest BCUT2D eigenvalue weighted by atomic mass is 35.5. The number of rotatable bonds is 2. The maximum Gasteiger partial charge on any atom is 0.129 e. The molecule has 2 rings (SSSR count). The Kier molecular flexibility index (Phi) is 2.91. The summed E-state index contributed by atoms with van der Waals surface area (Å²) in [6, 6.07) is 5.78. The van der Waals surface area contributed by atoms with Crippen LogP contribution in [0.25, 0.3) is 10.1 Å². The fourth-order valence-corrected chi connectivity index (χ4v) is 2.89. The largest absolute Gasteiger partial charge is 0.493 e. The summed E-state index contributed by atoms with van der Waals surface area (Å²) in [6.45, 7) is 2.61. The van der Waals surface area contributed by atoms with E-state index in [0.29, 0.717) is 11.6 Å². The van der Waals surface area contributed by atoms with Crippen LogP contribution in [0.3, 0.4) is 0 Å². The zero-order valence-electron chi connectivity index (χ0n) is 7.58. The van der Waals surface area contributed by atoms with Crippen molar-refractivity contribution in [1.29, 1.82) is 0 Å². The van der Waals surface area contributed by atoms with Crippen LogP contribution in [-0.4, -0.2) is 6.61 Å². The third-order valence-corrected chi connectivity index (χ3v) is 3.36. The molecule has 0 radical (unpaired) electrons. The van der Waals surface area contributed by atoms with Crippen molar-refractivity contribution in [3.05, 3.63) is 23.2 Å². The molecule has 1 heterocycles. The minimum atomic E-state index is 0.646. The minimum Gasteiger partial charge on any atom is -0.493 e. The molecule has 0 aliphatic carbocycles. The third kappa shape index (κ3) is 1.85. The SMILES string of the molecule is CCOc1cc(Cl)cc2sc(S)cc12. The lowest BCUT2D eigenvalue weighted by Crippen LogP contribution is -1.91. The Hall–Kier alpha value is -0.380. The summed E-state index contributed by atoms with van der Waals surface area (Å²) >= 11 is 11.9. The quantitative estimate of drug-likeness (QED) is 0.778. The van der Waals surface area contributed by atoms with E-state index in [1.165, 1.54) is 0 Å². The molecule has 4 heteroatoms. The monoisotopic (exact) mass is 244 g/mol. The van der Waals surface area contributed by atoms with Crippen molar-refractivity contribution >= 4 is 45.7 Å². The zero-order valence-corrected chi connectivity index (χ0v) is 10.0. The van der Waals surface area contributed by atoms with E-state index in [1.807, 2.05) is 25.1 Å². The molecule has 0 amide bonds. The fourth-order valence-electron chi connectivity index (χ4n) is 1.34. The van der Waals surface area contributed by atoms with Gasteiger partial charge in [-0.15, -0.1) is 24.0 Å². The fraction of sp³-hybridized carbons (Fsp3) is 0.200. The first-order valence-electron chi connectivity index (χ1n) is 4.25. The standard InChI is InChI=1S/C10H9ClOS2/c1-2-12-8-3-6(11)4-9-7(8)5-10(13)14-9/h3-5,13H,2H2,1H3. The number of ether oxygens (including phenoxy) is 1. The third-order valence-electron chi connectivity index (χ3n) is 1.85. The molecule has 0 spiro atoms. The Labute approximate surface area is 97.1 Å². The van der Waals surface area contributed by atoms with Crippen LogP contribution in [0.4, 0.5) is 0 Å². The summed E-state index contributed by atoms with van der Waals surface area (Å²) in [7, 11) is 0. The van der Waals surface area contributed by atoms with Crippen molar-refractivity contribution in [1.82, 2.24) is 0 Å². The van der Waals surface area contributed by atoms with Crippen molar-refractivity contribution in [3.63, 3.8) is 0 Å². The number of thiol groups is 1. The van der Waals surface area contributed by atoms with E-state index in [4.69, 9.17) is 16.3 Å². The second-order valence-electron chi connectivity index (χ2n) is 2.83. The highest BCUT2D eigenvalue weighted by molar-refractivity contribution is 7.83. The summed E-state index contributed by atoms with van der Waals surface area (Å²) in [5.74, 6) is 0.839. The molecule has 74 valence electrons. The summed E-state index contributed by atoms with van der Waals surface area (Å²) < 4.78 is 7.59. The molecule has 0 N–H and O–H groups in total. The Bertz CT molecular complexity index is 464. The number of fused-ring (bicyclic) bond motifs is 1. The molecule has 1 aromatic heterocycles. The van der Waals surface area contributed by atoms with Crippen molar-refractivity contribution < 1.29 is 4.74 Å². The van der Waals surface area contributed by atoms with Gasteiger partial charge < -0.3 is 4.74 Å². The van der Waals surface area contributed by atoms with Gasteiger partial charge in [-0.1, -0.05) is 11.6 Å². The van der Waals surface area contributed by atoms with E-state index in [9.17, 15) is 0 Å². The van der Waals surface area contributed by atoms with Crippen molar-refractivity contribution in [2.75, 3.05) is 6.61 Å². The molecular weight excluding hydrogens is 236 g/mol. The van der Waals surface area contributed by atoms with Gasteiger partial charge in [0.15, 0.2) is 0 Å². The van der Waals surface area contributed by atoms with Gasteiger partial charge in [-0.2, -0.15) is 0 Å². The van der Waals surface area contributed by atoms with E-state index in [2.05, 4.69) is 12.6 Å². The van der Waals surface area contributed by atoms with Gasteiger partial charge >= 0.3 is 0 Å². The lowest BCUT2D eigenvalue weighted by atomic mass is 10.2. The lowest BCUT2D eigenvalue weighted by Gasteiger charge is -2.04. The van der Waals surface area contributed by atoms with E-state index in [-0.39, 0.29) is 0 Å². The lowest BCUT2D eigenvalue weighted by molar-refractivity contribution is 0.344. The molecular formula is C10H9ClOS2. The number of thiophene rings is 1. The average Bonchev–Trinajstić information content (AvgIpc) is 2.45. The second kappa shape index (κ2) is 4.01. The predicted molar refractivity (Wildman–Crippen MR) is 65.3 cm³/mol.